The van der Waals surface area contributed by atoms with E-state index in [0.717, 1.165) is 10.2 Å². The van der Waals surface area contributed by atoms with E-state index in [1.165, 1.54) is 11.8 Å². The minimum atomic E-state index is 0.0543. The molecule has 0 aliphatic heterocycles. The summed E-state index contributed by atoms with van der Waals surface area (Å²) in [6, 6.07) is 13.0. The van der Waals surface area contributed by atoms with Crippen molar-refractivity contribution in [1.29, 1.82) is 0 Å². The third-order valence-electron chi connectivity index (χ3n) is 3.21. The Hall–Kier alpha value is -1.99. The molecule has 0 spiro atoms. The highest BCUT2D eigenvalue weighted by molar-refractivity contribution is 9.10. The third-order valence-corrected chi connectivity index (χ3v) is 4.72. The summed E-state index contributed by atoms with van der Waals surface area (Å²) in [5.74, 6) is 1.05. The number of ketones is 1. The van der Waals surface area contributed by atoms with E-state index < -0.39 is 0 Å². The monoisotopic (exact) mass is 388 g/mol. The molecule has 2 heterocycles. The molecule has 0 N–H and O–H groups in total. The fourth-order valence-corrected chi connectivity index (χ4v) is 3.24. The maximum atomic E-state index is 12.2. The van der Waals surface area contributed by atoms with Crippen LogP contribution in [0.25, 0.3) is 11.5 Å². The Kier molecular flexibility index (Phi) is 4.88. The zero-order valence-electron chi connectivity index (χ0n) is 12.3. The molecule has 5 nitrogen and oxygen atoms in total. The summed E-state index contributed by atoms with van der Waals surface area (Å²) < 4.78 is 2.74. The summed E-state index contributed by atoms with van der Waals surface area (Å²) >= 11 is 4.74. The van der Waals surface area contributed by atoms with Crippen LogP contribution in [0, 0.1) is 0 Å². The van der Waals surface area contributed by atoms with Gasteiger partial charge in [0.1, 0.15) is 5.69 Å². The number of benzene rings is 1. The molecule has 0 fully saturated rings. The average molecular weight is 389 g/mol. The number of hydrogen-bond donors (Lipinski definition) is 0. The van der Waals surface area contributed by atoms with Crippen molar-refractivity contribution < 1.29 is 4.79 Å². The highest BCUT2D eigenvalue weighted by atomic mass is 79.9. The number of thioether (sulfide) groups is 1. The first-order valence-corrected chi connectivity index (χ1v) is 8.65. The first-order valence-electron chi connectivity index (χ1n) is 6.87. The highest BCUT2D eigenvalue weighted by Gasteiger charge is 2.14. The van der Waals surface area contributed by atoms with Crippen LogP contribution < -0.4 is 0 Å². The van der Waals surface area contributed by atoms with E-state index in [1.54, 1.807) is 6.20 Å². The Bertz CT molecular complexity index is 835. The number of nitrogens with zero attached hydrogens (tertiary/aromatic N) is 4. The quantitative estimate of drug-likeness (QED) is 0.493. The smallest absolute Gasteiger partial charge is 0.191 e. The zero-order valence-corrected chi connectivity index (χ0v) is 14.7. The Morgan fingerprint density at radius 2 is 2.09 bits per heavy atom. The molecule has 0 bridgehead atoms. The summed E-state index contributed by atoms with van der Waals surface area (Å²) in [5.41, 5.74) is 1.44. The van der Waals surface area contributed by atoms with Gasteiger partial charge in [0.2, 0.25) is 0 Å². The van der Waals surface area contributed by atoms with Gasteiger partial charge in [-0.1, -0.05) is 45.9 Å². The van der Waals surface area contributed by atoms with Gasteiger partial charge < -0.3 is 4.57 Å². The number of halogens is 1. The van der Waals surface area contributed by atoms with Crippen LogP contribution in [0.5, 0.6) is 0 Å². The summed E-state index contributed by atoms with van der Waals surface area (Å²) in [5, 5.41) is 9.00. The van der Waals surface area contributed by atoms with Crippen LogP contribution >= 0.6 is 27.7 Å². The number of Topliss-reactive ketones (excluding diaryl/α,β-unsaturated/α-hetero) is 1. The van der Waals surface area contributed by atoms with Crippen molar-refractivity contribution in [3.05, 3.63) is 58.7 Å². The topological polar surface area (TPSA) is 60.7 Å². The van der Waals surface area contributed by atoms with Crippen molar-refractivity contribution in [2.75, 3.05) is 5.75 Å². The first kappa shape index (κ1) is 15.9. The lowest BCUT2D eigenvalue weighted by Crippen LogP contribution is -2.04. The van der Waals surface area contributed by atoms with Gasteiger partial charge >= 0.3 is 0 Å². The Morgan fingerprint density at radius 3 is 2.83 bits per heavy atom. The number of pyridine rings is 1. The number of hydrogen-bond acceptors (Lipinski definition) is 5. The second kappa shape index (κ2) is 7.06. The molecule has 0 amide bonds. The minimum Gasteiger partial charge on any atom is -0.304 e. The van der Waals surface area contributed by atoms with E-state index >= 15 is 0 Å². The third kappa shape index (κ3) is 3.68. The summed E-state index contributed by atoms with van der Waals surface area (Å²) in [6.07, 6.45) is 1.72. The van der Waals surface area contributed by atoms with Gasteiger partial charge in [0, 0.05) is 23.3 Å². The van der Waals surface area contributed by atoms with Gasteiger partial charge in [0.15, 0.2) is 16.8 Å². The van der Waals surface area contributed by atoms with Crippen molar-refractivity contribution in [1.82, 2.24) is 19.7 Å². The zero-order chi connectivity index (χ0) is 16.2. The van der Waals surface area contributed by atoms with Gasteiger partial charge in [0.25, 0.3) is 0 Å². The number of carbonyl (C=O) groups is 1. The van der Waals surface area contributed by atoms with Crippen molar-refractivity contribution in [2.24, 2.45) is 7.05 Å². The van der Waals surface area contributed by atoms with E-state index in [4.69, 9.17) is 0 Å². The van der Waals surface area contributed by atoms with Crippen LogP contribution in [0.4, 0.5) is 0 Å². The van der Waals surface area contributed by atoms with E-state index in [-0.39, 0.29) is 5.78 Å². The molecule has 0 saturated carbocycles. The van der Waals surface area contributed by atoms with E-state index in [0.29, 0.717) is 22.3 Å². The molecular formula is C16H13BrN4OS. The van der Waals surface area contributed by atoms with Crippen LogP contribution in [-0.4, -0.2) is 31.3 Å². The molecule has 1 aromatic carbocycles. The van der Waals surface area contributed by atoms with Gasteiger partial charge in [0.05, 0.1) is 5.75 Å². The molecule has 116 valence electrons. The maximum absolute atomic E-state index is 12.2. The van der Waals surface area contributed by atoms with E-state index in [1.807, 2.05) is 54.1 Å². The predicted molar refractivity (Wildman–Crippen MR) is 93.4 cm³/mol. The van der Waals surface area contributed by atoms with Gasteiger partial charge in [-0.25, -0.2) is 0 Å². The molecule has 3 aromatic rings. The van der Waals surface area contributed by atoms with E-state index in [9.17, 15) is 4.79 Å². The lowest BCUT2D eigenvalue weighted by atomic mass is 10.2. The Morgan fingerprint density at radius 1 is 1.22 bits per heavy atom. The molecule has 0 radical (unpaired) electrons. The fraction of sp³-hybridized carbons (Fsp3) is 0.125. The Labute approximate surface area is 146 Å². The molecular weight excluding hydrogens is 376 g/mol. The van der Waals surface area contributed by atoms with Crippen molar-refractivity contribution >= 4 is 33.5 Å². The molecule has 0 atom stereocenters. The normalized spacial score (nSPS) is 10.7. The van der Waals surface area contributed by atoms with Crippen molar-refractivity contribution in [3.63, 3.8) is 0 Å². The maximum Gasteiger partial charge on any atom is 0.191 e. The SMILES string of the molecule is Cn1c(SCC(=O)c2cccc(Br)c2)nnc1-c1ccccn1. The van der Waals surface area contributed by atoms with E-state index in [2.05, 4.69) is 31.1 Å². The number of aromatic nitrogens is 4. The molecule has 3 rings (SSSR count). The predicted octanol–water partition coefficient (Wildman–Crippen LogP) is 3.61. The molecule has 0 unspecified atom stereocenters. The molecule has 0 saturated heterocycles. The van der Waals surface area contributed by atoms with Crippen LogP contribution in [-0.2, 0) is 7.05 Å². The van der Waals surface area contributed by atoms with Gasteiger partial charge in [-0.15, -0.1) is 10.2 Å². The standard InChI is InChI=1S/C16H13BrN4OS/c1-21-15(13-7-2-3-8-18-13)19-20-16(21)23-10-14(22)11-5-4-6-12(17)9-11/h2-9H,10H2,1H3. The molecule has 7 heteroatoms. The minimum absolute atomic E-state index is 0.0543. The highest BCUT2D eigenvalue weighted by Crippen LogP contribution is 2.22. The summed E-state index contributed by atoms with van der Waals surface area (Å²) in [4.78, 5) is 16.5. The summed E-state index contributed by atoms with van der Waals surface area (Å²) in [6.45, 7) is 0. The fourth-order valence-electron chi connectivity index (χ4n) is 2.03. The molecule has 2 aromatic heterocycles. The average Bonchev–Trinajstić information content (AvgIpc) is 2.94. The van der Waals surface area contributed by atoms with Crippen LogP contribution in [0.2, 0.25) is 0 Å². The lowest BCUT2D eigenvalue weighted by molar-refractivity contribution is 0.102. The van der Waals surface area contributed by atoms with Gasteiger partial charge in [-0.05, 0) is 24.3 Å². The van der Waals surface area contributed by atoms with Crippen LogP contribution in [0.3, 0.4) is 0 Å². The molecule has 0 aliphatic carbocycles. The molecule has 23 heavy (non-hydrogen) atoms. The van der Waals surface area contributed by atoms with Crippen LogP contribution in [0.1, 0.15) is 10.4 Å². The van der Waals surface area contributed by atoms with Gasteiger partial charge in [-0.3, -0.25) is 9.78 Å². The second-order valence-electron chi connectivity index (χ2n) is 4.80. The first-order chi connectivity index (χ1) is 11.1. The lowest BCUT2D eigenvalue weighted by Gasteiger charge is -2.03. The number of carbonyl (C=O) groups excluding carboxylic acids is 1. The summed E-state index contributed by atoms with van der Waals surface area (Å²) in [7, 11) is 1.87. The largest absolute Gasteiger partial charge is 0.304 e. The van der Waals surface area contributed by atoms with Crippen LogP contribution in [0.15, 0.2) is 58.3 Å². The van der Waals surface area contributed by atoms with Gasteiger partial charge in [-0.2, -0.15) is 0 Å². The second-order valence-corrected chi connectivity index (χ2v) is 6.66. The van der Waals surface area contributed by atoms with Crippen molar-refractivity contribution in [3.8, 4) is 11.5 Å². The Balaban J connectivity index is 1.72. The molecule has 0 aliphatic rings. The van der Waals surface area contributed by atoms with Crippen molar-refractivity contribution in [2.45, 2.75) is 5.16 Å². The number of rotatable bonds is 5.